The Labute approximate surface area is 74.9 Å². The molecular weight excluding hydrogens is 380 g/mol. The number of rotatable bonds is 0. The molecule has 0 heterocycles. The fourth-order valence-corrected chi connectivity index (χ4v) is 0. The zero-order valence-electron chi connectivity index (χ0n) is 3.31. The Kier molecular flexibility index (Phi) is 13.8. The van der Waals surface area contributed by atoms with Crippen LogP contribution in [0.1, 0.15) is 0 Å². The molecule has 50 valence electrons. The zero-order chi connectivity index (χ0) is 4.50. The van der Waals surface area contributed by atoms with Crippen molar-refractivity contribution in [2.45, 2.75) is 0 Å². The van der Waals surface area contributed by atoms with E-state index in [4.69, 9.17) is 14.8 Å². The third-order valence-electron chi connectivity index (χ3n) is 0. The molecular formula is H7BiNiO4Ti. The van der Waals surface area contributed by atoms with Gasteiger partial charge in [0.2, 0.25) is 0 Å². The summed E-state index contributed by atoms with van der Waals surface area (Å²) in [5, 5.41) is 0. The summed E-state index contributed by atoms with van der Waals surface area (Å²) in [7, 11) is 0. The molecule has 0 aromatic rings. The zero-order valence-corrected chi connectivity index (χ0v) is 11.4. The van der Waals surface area contributed by atoms with Crippen LogP contribution in [0.5, 0.6) is 0 Å². The first kappa shape index (κ1) is 16.0. The Morgan fingerprint density at radius 2 is 0.857 bits per heavy atom. The fraction of sp³-hybridized carbons (Fsp3) is 0. The molecule has 0 fully saturated rings. The molecule has 0 spiro atoms. The van der Waals surface area contributed by atoms with Crippen molar-refractivity contribution in [1.29, 1.82) is 0 Å². The molecule has 4 N–H and O–H groups in total. The van der Waals surface area contributed by atoms with Gasteiger partial charge in [-0.3, -0.25) is 0 Å². The van der Waals surface area contributed by atoms with Gasteiger partial charge in [-0.25, -0.2) is 0 Å². The summed E-state index contributed by atoms with van der Waals surface area (Å²) in [5.41, 5.74) is 0. The molecule has 0 saturated carbocycles. The van der Waals surface area contributed by atoms with E-state index in [0.717, 1.165) is 0 Å². The molecule has 7 heavy (non-hydrogen) atoms. The minimum atomic E-state index is -5.00. The summed E-state index contributed by atoms with van der Waals surface area (Å²) in [6.07, 6.45) is 0. The maximum atomic E-state index is 7.38. The van der Waals surface area contributed by atoms with Crippen molar-refractivity contribution in [2.75, 3.05) is 0 Å². The van der Waals surface area contributed by atoms with Crippen molar-refractivity contribution < 1.29 is 49.4 Å². The van der Waals surface area contributed by atoms with Crippen molar-refractivity contribution in [3.8, 4) is 0 Å². The predicted molar refractivity (Wildman–Crippen MR) is 18.8 cm³/mol. The van der Waals surface area contributed by atoms with Gasteiger partial charge in [0.25, 0.3) is 0 Å². The summed E-state index contributed by atoms with van der Waals surface area (Å²) in [4.78, 5) is 0. The van der Waals surface area contributed by atoms with Gasteiger partial charge in [0, 0.05) is 16.5 Å². The quantitative estimate of drug-likeness (QED) is 0.327. The summed E-state index contributed by atoms with van der Waals surface area (Å²) < 4.78 is 29.5. The van der Waals surface area contributed by atoms with Gasteiger partial charge in [0.15, 0.2) is 0 Å². The topological polar surface area (TPSA) is 80.9 Å². The fourth-order valence-electron chi connectivity index (χ4n) is 0. The number of hydrogen-bond acceptors (Lipinski definition) is 4. The Hall–Kier alpha value is 1.93. The van der Waals surface area contributed by atoms with Crippen LogP contribution < -0.4 is 0 Å². The summed E-state index contributed by atoms with van der Waals surface area (Å²) >= 11 is -5.00. The van der Waals surface area contributed by atoms with E-state index in [1.807, 2.05) is 0 Å². The van der Waals surface area contributed by atoms with Crippen LogP contribution in [0.2, 0.25) is 0 Å². The first-order valence-electron chi connectivity index (χ1n) is 0.894. The molecule has 7 heteroatoms. The molecule has 0 aromatic heterocycles. The van der Waals surface area contributed by atoms with Crippen molar-refractivity contribution in [3.63, 3.8) is 0 Å². The maximum absolute atomic E-state index is 7.38. The monoisotopic (exact) mass is 386 g/mol. The van der Waals surface area contributed by atoms with Crippen molar-refractivity contribution >= 4 is 26.2 Å². The molecule has 0 aliphatic carbocycles. The van der Waals surface area contributed by atoms with E-state index >= 15 is 0 Å². The molecule has 0 aliphatic heterocycles. The molecule has 0 saturated heterocycles. The molecule has 0 amide bonds. The van der Waals surface area contributed by atoms with Crippen molar-refractivity contribution in [3.05, 3.63) is 0 Å². The predicted octanol–water partition coefficient (Wildman–Crippen LogP) is -3.42. The Morgan fingerprint density at radius 3 is 0.857 bits per heavy atom. The van der Waals surface area contributed by atoms with E-state index in [2.05, 4.69) is 0 Å². The van der Waals surface area contributed by atoms with E-state index in [-0.39, 0.29) is 42.7 Å². The van der Waals surface area contributed by atoms with Crippen LogP contribution in [0.15, 0.2) is 0 Å². The Bertz CT molecular complexity index is 27.2. The molecule has 0 bridgehead atoms. The van der Waals surface area contributed by atoms with Crippen LogP contribution in [0.3, 0.4) is 0 Å². The van der Waals surface area contributed by atoms with Crippen LogP contribution in [0.25, 0.3) is 0 Å². The van der Waals surface area contributed by atoms with Crippen LogP contribution in [-0.2, 0) is 34.6 Å². The molecule has 0 atom stereocenters. The summed E-state index contributed by atoms with van der Waals surface area (Å²) in [6.45, 7) is 0. The van der Waals surface area contributed by atoms with Crippen molar-refractivity contribution in [2.24, 2.45) is 0 Å². The van der Waals surface area contributed by atoms with Gasteiger partial charge in [-0.05, 0) is 0 Å². The SMILES string of the molecule is [BiH3].[Ni].[OH][Ti]([OH])([OH])[OH]. The van der Waals surface area contributed by atoms with Gasteiger partial charge in [-0.2, -0.15) is 0 Å². The van der Waals surface area contributed by atoms with Crippen LogP contribution in [0.4, 0.5) is 0 Å². The van der Waals surface area contributed by atoms with Gasteiger partial charge in [-0.15, -0.1) is 0 Å². The molecule has 0 rings (SSSR count). The standard InChI is InChI=1S/Bi.Ni.4H2O.Ti.3H/h;;4*1H2;;;;/q;;;;;;+4;;;/p-4. The Balaban J connectivity index is -0.0000000800. The third-order valence-corrected chi connectivity index (χ3v) is 0. The van der Waals surface area contributed by atoms with Gasteiger partial charge < -0.3 is 0 Å². The van der Waals surface area contributed by atoms with Crippen LogP contribution >= 0.6 is 0 Å². The van der Waals surface area contributed by atoms with Gasteiger partial charge in [-0.1, -0.05) is 0 Å². The first-order valence-corrected chi connectivity index (χ1v) is 3.69. The van der Waals surface area contributed by atoms with Crippen LogP contribution in [-0.4, -0.2) is 41.0 Å². The van der Waals surface area contributed by atoms with Gasteiger partial charge in [0.05, 0.1) is 0 Å². The normalized spacial score (nSPS) is 8.57. The van der Waals surface area contributed by atoms with Crippen LogP contribution in [0, 0.1) is 0 Å². The van der Waals surface area contributed by atoms with E-state index < -0.39 is 18.1 Å². The first-order chi connectivity index (χ1) is 2.00. The second kappa shape index (κ2) is 6.06. The van der Waals surface area contributed by atoms with E-state index in [0.29, 0.717) is 0 Å². The van der Waals surface area contributed by atoms with Crippen molar-refractivity contribution in [1.82, 2.24) is 0 Å². The average molecular weight is 387 g/mol. The average Bonchev–Trinajstić information content (AvgIpc) is 0.722. The minimum absolute atomic E-state index is 0. The molecule has 4 nitrogen and oxygen atoms in total. The van der Waals surface area contributed by atoms with Gasteiger partial charge in [0.1, 0.15) is 0 Å². The Morgan fingerprint density at radius 1 is 0.857 bits per heavy atom. The van der Waals surface area contributed by atoms with E-state index in [9.17, 15) is 0 Å². The third kappa shape index (κ3) is 74.8. The summed E-state index contributed by atoms with van der Waals surface area (Å²) in [6, 6.07) is 0. The molecule has 0 radical (unpaired) electrons. The van der Waals surface area contributed by atoms with Gasteiger partial charge >= 0.3 is 59.1 Å². The molecule has 0 unspecified atom stereocenters. The van der Waals surface area contributed by atoms with E-state index in [1.54, 1.807) is 0 Å². The second-order valence-electron chi connectivity index (χ2n) is 0.600. The second-order valence-corrected chi connectivity index (χ2v) is 2.47. The molecule has 0 aliphatic rings. The van der Waals surface area contributed by atoms with E-state index in [1.165, 1.54) is 0 Å². The number of hydrogen-bond donors (Lipinski definition) is 4. The molecule has 0 aromatic carbocycles. The summed E-state index contributed by atoms with van der Waals surface area (Å²) in [5.74, 6) is 0.